The van der Waals surface area contributed by atoms with Crippen molar-refractivity contribution in [2.45, 2.75) is 10.6 Å². The Morgan fingerprint density at radius 2 is 2.05 bits per heavy atom. The largest absolute Gasteiger partial charge is 0.355 e. The lowest BCUT2D eigenvalue weighted by atomic mass is 10.1. The molecular weight excluding hydrogens is 268 g/mol. The highest BCUT2D eigenvalue weighted by Crippen LogP contribution is 2.23. The molecule has 0 saturated carbocycles. The number of carbonyl (C=O) groups is 1. The molecule has 1 N–H and O–H groups in total. The number of thioether (sulfide) groups is 1. The fourth-order valence-corrected chi connectivity index (χ4v) is 2.67. The van der Waals surface area contributed by atoms with Crippen LogP contribution in [0.3, 0.4) is 0 Å². The lowest BCUT2D eigenvalue weighted by molar-refractivity contribution is 0.0963. The Bertz CT molecular complexity index is 662. The van der Waals surface area contributed by atoms with Crippen LogP contribution < -0.4 is 5.32 Å². The Morgan fingerprint density at radius 3 is 2.80 bits per heavy atom. The van der Waals surface area contributed by atoms with Crippen LogP contribution >= 0.6 is 11.8 Å². The van der Waals surface area contributed by atoms with Gasteiger partial charge in [0, 0.05) is 23.3 Å². The van der Waals surface area contributed by atoms with Crippen LogP contribution in [0, 0.1) is 11.3 Å². The molecule has 2 rings (SSSR count). The molecule has 0 atom stereocenters. The zero-order valence-corrected chi connectivity index (χ0v) is 11.9. The van der Waals surface area contributed by atoms with Crippen molar-refractivity contribution >= 4 is 17.7 Å². The minimum Gasteiger partial charge on any atom is -0.355 e. The molecule has 4 heteroatoms. The Morgan fingerprint density at radius 1 is 1.25 bits per heavy atom. The van der Waals surface area contributed by atoms with Crippen LogP contribution in [0.4, 0.5) is 0 Å². The number of nitriles is 1. The molecule has 0 unspecified atom stereocenters. The highest BCUT2D eigenvalue weighted by molar-refractivity contribution is 7.98. The second kappa shape index (κ2) is 6.78. The van der Waals surface area contributed by atoms with E-state index >= 15 is 0 Å². The average molecular weight is 282 g/mol. The standard InChI is InChI=1S/C16H14N2OS/c1-18-16(19)14-6-2-5-13(8-14)11-20-15-7-3-4-12(9-15)10-17/h2-9H,11H2,1H3,(H,18,19). The number of nitrogens with one attached hydrogen (secondary N) is 1. The first-order chi connectivity index (χ1) is 9.72. The van der Waals surface area contributed by atoms with Gasteiger partial charge in [-0.25, -0.2) is 0 Å². The predicted octanol–water partition coefficient (Wildman–Crippen LogP) is 3.21. The first-order valence-corrected chi connectivity index (χ1v) is 7.15. The summed E-state index contributed by atoms with van der Waals surface area (Å²) < 4.78 is 0. The van der Waals surface area contributed by atoms with Gasteiger partial charge < -0.3 is 5.32 Å². The maximum atomic E-state index is 11.6. The van der Waals surface area contributed by atoms with Crippen molar-refractivity contribution in [3.63, 3.8) is 0 Å². The van der Waals surface area contributed by atoms with Gasteiger partial charge in [0.25, 0.3) is 5.91 Å². The number of carbonyl (C=O) groups excluding carboxylic acids is 1. The van der Waals surface area contributed by atoms with E-state index in [1.54, 1.807) is 30.9 Å². The van der Waals surface area contributed by atoms with Gasteiger partial charge in [0.15, 0.2) is 0 Å². The van der Waals surface area contributed by atoms with E-state index < -0.39 is 0 Å². The van der Waals surface area contributed by atoms with Crippen molar-refractivity contribution in [1.29, 1.82) is 5.26 Å². The van der Waals surface area contributed by atoms with E-state index in [0.29, 0.717) is 11.1 Å². The molecule has 0 aliphatic heterocycles. The Labute approximate surface area is 122 Å². The fourth-order valence-electron chi connectivity index (χ4n) is 1.77. The minimum absolute atomic E-state index is 0.0803. The molecule has 0 radical (unpaired) electrons. The molecular formula is C16H14N2OS. The van der Waals surface area contributed by atoms with Crippen molar-refractivity contribution in [3.8, 4) is 6.07 Å². The Kier molecular flexibility index (Phi) is 4.80. The van der Waals surface area contributed by atoms with E-state index in [2.05, 4.69) is 11.4 Å². The zero-order valence-electron chi connectivity index (χ0n) is 11.1. The normalized spacial score (nSPS) is 9.80. The van der Waals surface area contributed by atoms with Crippen LogP contribution in [-0.4, -0.2) is 13.0 Å². The SMILES string of the molecule is CNC(=O)c1cccc(CSc2cccc(C#N)c2)c1. The summed E-state index contributed by atoms with van der Waals surface area (Å²) >= 11 is 1.65. The molecule has 100 valence electrons. The summed E-state index contributed by atoms with van der Waals surface area (Å²) in [6.07, 6.45) is 0. The molecule has 3 nitrogen and oxygen atoms in total. The van der Waals surface area contributed by atoms with Crippen molar-refractivity contribution in [2.75, 3.05) is 7.05 Å². The second-order valence-electron chi connectivity index (χ2n) is 4.21. The number of benzene rings is 2. The summed E-state index contributed by atoms with van der Waals surface area (Å²) in [7, 11) is 1.62. The van der Waals surface area contributed by atoms with Crippen molar-refractivity contribution in [1.82, 2.24) is 5.32 Å². The van der Waals surface area contributed by atoms with Crippen LogP contribution in [0.15, 0.2) is 53.4 Å². The van der Waals surface area contributed by atoms with E-state index in [-0.39, 0.29) is 5.91 Å². The molecule has 1 amide bonds. The molecule has 2 aromatic rings. The lowest BCUT2D eigenvalue weighted by Crippen LogP contribution is -2.17. The van der Waals surface area contributed by atoms with Crippen molar-refractivity contribution < 1.29 is 4.79 Å². The third-order valence-electron chi connectivity index (χ3n) is 2.78. The van der Waals surface area contributed by atoms with Gasteiger partial charge in [0.2, 0.25) is 0 Å². The van der Waals surface area contributed by atoms with E-state index in [0.717, 1.165) is 16.2 Å². The third kappa shape index (κ3) is 3.62. The van der Waals surface area contributed by atoms with Gasteiger partial charge in [0.05, 0.1) is 11.6 Å². The van der Waals surface area contributed by atoms with Crippen LogP contribution in [0.2, 0.25) is 0 Å². The maximum Gasteiger partial charge on any atom is 0.251 e. The Hall–Kier alpha value is -2.25. The highest BCUT2D eigenvalue weighted by atomic mass is 32.2. The maximum absolute atomic E-state index is 11.6. The smallest absolute Gasteiger partial charge is 0.251 e. The minimum atomic E-state index is -0.0803. The molecule has 0 saturated heterocycles. The summed E-state index contributed by atoms with van der Waals surface area (Å²) in [5.41, 5.74) is 2.41. The summed E-state index contributed by atoms with van der Waals surface area (Å²) in [6.45, 7) is 0. The van der Waals surface area contributed by atoms with Crippen molar-refractivity contribution in [2.24, 2.45) is 0 Å². The number of hydrogen-bond acceptors (Lipinski definition) is 3. The van der Waals surface area contributed by atoms with Gasteiger partial charge in [-0.3, -0.25) is 4.79 Å². The second-order valence-corrected chi connectivity index (χ2v) is 5.26. The van der Waals surface area contributed by atoms with Gasteiger partial charge in [-0.15, -0.1) is 11.8 Å². The van der Waals surface area contributed by atoms with E-state index in [9.17, 15) is 4.79 Å². The van der Waals surface area contributed by atoms with Gasteiger partial charge in [-0.05, 0) is 35.9 Å². The van der Waals surface area contributed by atoms with Crippen LogP contribution in [0.25, 0.3) is 0 Å². The number of hydrogen-bond donors (Lipinski definition) is 1. The molecule has 0 spiro atoms. The van der Waals surface area contributed by atoms with Crippen LogP contribution in [0.1, 0.15) is 21.5 Å². The molecule has 0 heterocycles. The van der Waals surface area contributed by atoms with Crippen molar-refractivity contribution in [3.05, 3.63) is 65.2 Å². The van der Waals surface area contributed by atoms with Gasteiger partial charge >= 0.3 is 0 Å². The molecule has 20 heavy (non-hydrogen) atoms. The van der Waals surface area contributed by atoms with Crippen LogP contribution in [-0.2, 0) is 5.75 Å². The summed E-state index contributed by atoms with van der Waals surface area (Å²) in [4.78, 5) is 12.6. The number of rotatable bonds is 4. The van der Waals surface area contributed by atoms with Gasteiger partial charge in [0.1, 0.15) is 0 Å². The summed E-state index contributed by atoms with van der Waals surface area (Å²) in [5, 5.41) is 11.5. The third-order valence-corrected chi connectivity index (χ3v) is 3.85. The summed E-state index contributed by atoms with van der Waals surface area (Å²) in [5.74, 6) is 0.683. The fraction of sp³-hybridized carbons (Fsp3) is 0.125. The number of amides is 1. The van der Waals surface area contributed by atoms with E-state index in [4.69, 9.17) is 5.26 Å². The topological polar surface area (TPSA) is 52.9 Å². The molecule has 0 aromatic heterocycles. The first-order valence-electron chi connectivity index (χ1n) is 6.17. The number of nitrogens with zero attached hydrogens (tertiary/aromatic N) is 1. The highest BCUT2D eigenvalue weighted by Gasteiger charge is 2.04. The molecule has 0 aliphatic carbocycles. The van der Waals surface area contributed by atoms with Gasteiger partial charge in [-0.2, -0.15) is 5.26 Å². The molecule has 0 fully saturated rings. The molecule has 2 aromatic carbocycles. The predicted molar refractivity (Wildman–Crippen MR) is 80.6 cm³/mol. The lowest BCUT2D eigenvalue weighted by Gasteiger charge is -2.05. The average Bonchev–Trinajstić information content (AvgIpc) is 2.52. The van der Waals surface area contributed by atoms with Crippen LogP contribution in [0.5, 0.6) is 0 Å². The quantitative estimate of drug-likeness (QED) is 0.876. The van der Waals surface area contributed by atoms with E-state index in [1.165, 1.54) is 0 Å². The summed E-state index contributed by atoms with van der Waals surface area (Å²) in [6, 6.07) is 17.2. The Balaban J connectivity index is 2.07. The molecule has 0 bridgehead atoms. The van der Waals surface area contributed by atoms with E-state index in [1.807, 2.05) is 36.4 Å². The van der Waals surface area contributed by atoms with Gasteiger partial charge in [-0.1, -0.05) is 18.2 Å². The molecule has 0 aliphatic rings. The first kappa shape index (κ1) is 14.2. The monoisotopic (exact) mass is 282 g/mol. The zero-order chi connectivity index (χ0) is 14.4.